The van der Waals surface area contributed by atoms with Gasteiger partial charge >= 0.3 is 5.97 Å². The Labute approximate surface area is 222 Å². The van der Waals surface area contributed by atoms with Gasteiger partial charge in [-0.1, -0.05) is 17.8 Å². The summed E-state index contributed by atoms with van der Waals surface area (Å²) in [4.78, 5) is 36.8. The van der Waals surface area contributed by atoms with Crippen LogP contribution < -0.4 is 20.5 Å². The van der Waals surface area contributed by atoms with Crippen molar-refractivity contribution in [3.63, 3.8) is 0 Å². The van der Waals surface area contributed by atoms with E-state index in [2.05, 4.69) is 22.1 Å². The van der Waals surface area contributed by atoms with Crippen molar-refractivity contribution >= 4 is 45.9 Å². The van der Waals surface area contributed by atoms with Gasteiger partial charge in [-0.05, 0) is 43.7 Å². The van der Waals surface area contributed by atoms with E-state index in [4.69, 9.17) is 19.9 Å². The summed E-state index contributed by atoms with van der Waals surface area (Å²) in [6, 6.07) is 7.18. The summed E-state index contributed by atoms with van der Waals surface area (Å²) in [5.41, 5.74) is 5.85. The normalized spacial score (nSPS) is 11.5. The highest BCUT2D eigenvalue weighted by Gasteiger charge is 2.26. The SMILES string of the molecule is C=CCn1c(SCC(=O)Nc2sc(C(N)=O)c(C)c2C(=O)OC)nnc1C(C)Oc1ccc(OC)cc1. The van der Waals surface area contributed by atoms with Crippen LogP contribution in [0.1, 0.15) is 44.4 Å². The molecular weight excluding hydrogens is 518 g/mol. The summed E-state index contributed by atoms with van der Waals surface area (Å²) in [6.07, 6.45) is 1.26. The van der Waals surface area contributed by atoms with Crippen LogP contribution in [0.2, 0.25) is 0 Å². The van der Waals surface area contributed by atoms with Crippen LogP contribution in [0.3, 0.4) is 0 Å². The van der Waals surface area contributed by atoms with Crippen LogP contribution in [-0.4, -0.2) is 52.5 Å². The largest absolute Gasteiger partial charge is 0.497 e. The van der Waals surface area contributed by atoms with Crippen molar-refractivity contribution in [3.8, 4) is 11.5 Å². The van der Waals surface area contributed by atoms with E-state index < -0.39 is 23.9 Å². The summed E-state index contributed by atoms with van der Waals surface area (Å²) in [6.45, 7) is 7.61. The Bertz CT molecular complexity index is 1300. The predicted molar refractivity (Wildman–Crippen MR) is 141 cm³/mol. The molecule has 0 aliphatic rings. The zero-order valence-corrected chi connectivity index (χ0v) is 22.4. The monoisotopic (exact) mass is 545 g/mol. The van der Waals surface area contributed by atoms with Gasteiger partial charge in [0.05, 0.1) is 30.4 Å². The standard InChI is InChI=1S/C24H27N5O6S2/c1-6-11-29-21(14(3)35-16-9-7-15(33-4)8-10-16)27-28-24(29)36-12-17(30)26-22-18(23(32)34-5)13(2)19(37-22)20(25)31/h6-10,14H,1,11-12H2,2-5H3,(H2,25,31)(H,26,30). The van der Waals surface area contributed by atoms with Gasteiger partial charge in [0, 0.05) is 6.54 Å². The average Bonchev–Trinajstić information content (AvgIpc) is 3.43. The van der Waals surface area contributed by atoms with Crippen molar-refractivity contribution in [1.29, 1.82) is 0 Å². The number of hydrogen-bond acceptors (Lipinski definition) is 10. The van der Waals surface area contributed by atoms with Crippen molar-refractivity contribution < 1.29 is 28.6 Å². The lowest BCUT2D eigenvalue weighted by atomic mass is 10.1. The molecular formula is C24H27N5O6S2. The predicted octanol–water partition coefficient (Wildman–Crippen LogP) is 3.60. The second kappa shape index (κ2) is 12.4. The zero-order valence-electron chi connectivity index (χ0n) is 20.8. The number of allylic oxidation sites excluding steroid dienone is 1. The maximum Gasteiger partial charge on any atom is 0.341 e. The number of primary amides is 1. The summed E-state index contributed by atoms with van der Waals surface area (Å²) in [7, 11) is 2.81. The summed E-state index contributed by atoms with van der Waals surface area (Å²) < 4.78 is 17.8. The Kier molecular flexibility index (Phi) is 9.31. The minimum absolute atomic E-state index is 0.0353. The van der Waals surface area contributed by atoms with Crippen LogP contribution in [0.5, 0.6) is 11.5 Å². The quantitative estimate of drug-likeness (QED) is 0.198. The zero-order chi connectivity index (χ0) is 27.1. The maximum absolute atomic E-state index is 12.7. The third kappa shape index (κ3) is 6.49. The van der Waals surface area contributed by atoms with E-state index in [1.54, 1.807) is 48.9 Å². The van der Waals surface area contributed by atoms with Gasteiger partial charge in [0.15, 0.2) is 17.1 Å². The molecule has 2 heterocycles. The van der Waals surface area contributed by atoms with E-state index in [9.17, 15) is 14.4 Å². The molecule has 3 aromatic rings. The lowest BCUT2D eigenvalue weighted by Gasteiger charge is -2.16. The number of ether oxygens (including phenoxy) is 3. The van der Waals surface area contributed by atoms with Gasteiger partial charge in [0.1, 0.15) is 16.5 Å². The number of hydrogen-bond donors (Lipinski definition) is 2. The number of nitrogens with zero attached hydrogens (tertiary/aromatic N) is 3. The molecule has 0 aliphatic heterocycles. The molecule has 1 aromatic carbocycles. The van der Waals surface area contributed by atoms with Crippen molar-refractivity contribution in [1.82, 2.24) is 14.8 Å². The van der Waals surface area contributed by atoms with Gasteiger partial charge in [-0.25, -0.2) is 4.79 Å². The number of nitrogens with one attached hydrogen (secondary N) is 1. The Morgan fingerprint density at radius 3 is 2.49 bits per heavy atom. The molecule has 196 valence electrons. The minimum Gasteiger partial charge on any atom is -0.497 e. The van der Waals surface area contributed by atoms with Crippen molar-refractivity contribution in [2.24, 2.45) is 5.73 Å². The van der Waals surface area contributed by atoms with Crippen LogP contribution in [0.15, 0.2) is 42.1 Å². The number of amides is 2. The highest BCUT2D eigenvalue weighted by atomic mass is 32.2. The second-order valence-electron chi connectivity index (χ2n) is 7.63. The number of benzene rings is 1. The van der Waals surface area contributed by atoms with Crippen LogP contribution in [0, 0.1) is 6.92 Å². The molecule has 3 N–H and O–H groups in total. The Balaban J connectivity index is 1.73. The molecule has 0 saturated carbocycles. The van der Waals surface area contributed by atoms with Gasteiger partial charge in [-0.2, -0.15) is 0 Å². The topological polar surface area (TPSA) is 148 Å². The first-order valence-electron chi connectivity index (χ1n) is 11.0. The van der Waals surface area contributed by atoms with Crippen molar-refractivity contribution in [2.75, 3.05) is 25.3 Å². The lowest BCUT2D eigenvalue weighted by Crippen LogP contribution is -2.17. The number of nitrogens with two attached hydrogens (primary N) is 1. The Morgan fingerprint density at radius 2 is 1.89 bits per heavy atom. The molecule has 13 heteroatoms. The molecule has 1 unspecified atom stereocenters. The number of methoxy groups -OCH3 is 2. The Morgan fingerprint density at radius 1 is 1.22 bits per heavy atom. The van der Waals surface area contributed by atoms with Crippen LogP contribution in [-0.2, 0) is 16.1 Å². The third-order valence-electron chi connectivity index (χ3n) is 5.14. The number of thioether (sulfide) groups is 1. The first kappa shape index (κ1) is 27.7. The fourth-order valence-electron chi connectivity index (χ4n) is 3.40. The molecule has 0 spiro atoms. The average molecular weight is 546 g/mol. The highest BCUT2D eigenvalue weighted by molar-refractivity contribution is 7.99. The van der Waals surface area contributed by atoms with Crippen LogP contribution >= 0.6 is 23.1 Å². The molecule has 0 bridgehead atoms. The minimum atomic E-state index is -0.696. The number of aromatic nitrogens is 3. The molecule has 37 heavy (non-hydrogen) atoms. The molecule has 0 saturated heterocycles. The number of carbonyl (C=O) groups excluding carboxylic acids is 3. The van der Waals surface area contributed by atoms with E-state index in [0.29, 0.717) is 34.6 Å². The van der Waals surface area contributed by atoms with Gasteiger partial charge in [0.25, 0.3) is 5.91 Å². The number of carbonyl (C=O) groups is 3. The van der Waals surface area contributed by atoms with Gasteiger partial charge in [0.2, 0.25) is 5.91 Å². The molecule has 2 aromatic heterocycles. The van der Waals surface area contributed by atoms with Gasteiger partial charge in [-0.15, -0.1) is 28.1 Å². The fourth-order valence-corrected chi connectivity index (χ4v) is 5.21. The summed E-state index contributed by atoms with van der Waals surface area (Å²) in [5.74, 6) is 0.0965. The third-order valence-corrected chi connectivity index (χ3v) is 7.33. The molecule has 2 amide bonds. The lowest BCUT2D eigenvalue weighted by molar-refractivity contribution is -0.113. The summed E-state index contributed by atoms with van der Waals surface area (Å²) in [5, 5.41) is 11.8. The molecule has 0 fully saturated rings. The molecule has 3 rings (SSSR count). The van der Waals surface area contributed by atoms with E-state index in [1.807, 2.05) is 6.92 Å². The molecule has 1 atom stereocenters. The smallest absolute Gasteiger partial charge is 0.341 e. The maximum atomic E-state index is 12.7. The van der Waals surface area contributed by atoms with Crippen molar-refractivity contribution in [2.45, 2.75) is 31.7 Å². The molecule has 0 radical (unpaired) electrons. The van der Waals surface area contributed by atoms with E-state index >= 15 is 0 Å². The highest BCUT2D eigenvalue weighted by Crippen LogP contribution is 2.34. The number of anilines is 1. The number of thiophene rings is 1. The summed E-state index contributed by atoms with van der Waals surface area (Å²) >= 11 is 2.08. The molecule has 11 nitrogen and oxygen atoms in total. The van der Waals surface area contributed by atoms with Crippen LogP contribution in [0.25, 0.3) is 0 Å². The van der Waals surface area contributed by atoms with E-state index in [-0.39, 0.29) is 21.2 Å². The first-order chi connectivity index (χ1) is 17.7. The fraction of sp³-hybridized carbons (Fsp3) is 0.292. The van der Waals surface area contributed by atoms with Crippen LogP contribution in [0.4, 0.5) is 5.00 Å². The molecule has 0 aliphatic carbocycles. The number of esters is 1. The Hall–Kier alpha value is -3.84. The second-order valence-corrected chi connectivity index (χ2v) is 9.59. The van der Waals surface area contributed by atoms with Gasteiger partial charge < -0.3 is 25.3 Å². The number of rotatable bonds is 12. The van der Waals surface area contributed by atoms with E-state index in [1.165, 1.54) is 7.11 Å². The van der Waals surface area contributed by atoms with Crippen molar-refractivity contribution in [3.05, 3.63) is 58.7 Å². The first-order valence-corrected chi connectivity index (χ1v) is 12.8. The van der Waals surface area contributed by atoms with Gasteiger partial charge in [-0.3, -0.25) is 14.2 Å². The van der Waals surface area contributed by atoms with E-state index in [0.717, 1.165) is 23.1 Å².